The van der Waals surface area contributed by atoms with Crippen molar-refractivity contribution in [3.63, 3.8) is 0 Å². The lowest BCUT2D eigenvalue weighted by Gasteiger charge is -2.06. The fraction of sp³-hybridized carbons (Fsp3) is 0.250. The largest absolute Gasteiger partial charge is 0.451 e. The fourth-order valence-electron chi connectivity index (χ4n) is 0.564. The molecule has 13 heavy (non-hydrogen) atoms. The van der Waals surface area contributed by atoms with Crippen molar-refractivity contribution in [1.29, 1.82) is 5.41 Å². The lowest BCUT2D eigenvalue weighted by Crippen LogP contribution is -2.29. The van der Waals surface area contributed by atoms with Crippen LogP contribution in [0.1, 0.15) is 5.82 Å². The van der Waals surface area contributed by atoms with E-state index in [9.17, 15) is 13.2 Å². The second kappa shape index (κ2) is 2.61. The summed E-state index contributed by atoms with van der Waals surface area (Å²) in [4.78, 5) is 5.41. The average Bonchev–Trinajstić information content (AvgIpc) is 1.97. The monoisotopic (exact) mass is 195 g/mol. The van der Waals surface area contributed by atoms with Gasteiger partial charge < -0.3 is 10.9 Å². The van der Waals surface area contributed by atoms with Crippen LogP contribution in [-0.4, -0.2) is 19.9 Å². The van der Waals surface area contributed by atoms with Crippen LogP contribution in [0.5, 0.6) is 0 Å². The fourth-order valence-corrected chi connectivity index (χ4v) is 0.564. The molecule has 0 spiro atoms. The second-order valence-corrected chi connectivity index (χ2v) is 2.04. The van der Waals surface area contributed by atoms with E-state index in [4.69, 9.17) is 16.4 Å². The van der Waals surface area contributed by atoms with Crippen LogP contribution in [0.15, 0.2) is 0 Å². The normalized spacial score (nSPS) is 11.6. The number of hydrogen-bond acceptors (Lipinski definition) is 5. The molecule has 0 aliphatic rings. The first-order valence-electron chi connectivity index (χ1n) is 2.90. The highest BCUT2D eigenvalue weighted by molar-refractivity contribution is 5.14. The van der Waals surface area contributed by atoms with Crippen LogP contribution in [0, 0.1) is 5.41 Å². The van der Waals surface area contributed by atoms with Crippen LogP contribution in [0.25, 0.3) is 0 Å². The first-order chi connectivity index (χ1) is 5.82. The molecule has 0 unspecified atom stereocenters. The minimum Gasteiger partial charge on any atom is -0.422 e. The quantitative estimate of drug-likeness (QED) is 0.490. The number of nitrogen functional groups attached to an aromatic ring is 1. The Morgan fingerprint density at radius 2 is 1.92 bits per heavy atom. The molecule has 6 nitrogen and oxygen atoms in total. The molecular weight excluding hydrogens is 191 g/mol. The third-order valence-corrected chi connectivity index (χ3v) is 1.10. The Morgan fingerprint density at radius 3 is 2.31 bits per heavy atom. The van der Waals surface area contributed by atoms with Crippen LogP contribution in [0.3, 0.4) is 0 Å². The molecule has 1 aromatic rings. The van der Waals surface area contributed by atoms with Gasteiger partial charge >= 0.3 is 6.18 Å². The summed E-state index contributed by atoms with van der Waals surface area (Å²) in [5, 5.41) is 15.5. The predicted molar refractivity (Wildman–Crippen MR) is 32.5 cm³/mol. The highest BCUT2D eigenvalue weighted by atomic mass is 19.4. The number of aromatic nitrogens is 3. The van der Waals surface area contributed by atoms with Crippen molar-refractivity contribution in [3.05, 3.63) is 11.4 Å². The number of halogens is 3. The summed E-state index contributed by atoms with van der Waals surface area (Å²) in [5.74, 6) is -2.40. The Kier molecular flexibility index (Phi) is 1.86. The summed E-state index contributed by atoms with van der Waals surface area (Å²) < 4.78 is 35.7. The van der Waals surface area contributed by atoms with Crippen LogP contribution in [0.4, 0.5) is 19.1 Å². The number of rotatable bonds is 0. The van der Waals surface area contributed by atoms with E-state index >= 15 is 0 Å². The molecule has 72 valence electrons. The van der Waals surface area contributed by atoms with E-state index in [1.165, 1.54) is 0 Å². The zero-order valence-electron chi connectivity index (χ0n) is 6.00. The summed E-state index contributed by atoms with van der Waals surface area (Å²) in [5.41, 5.74) is 3.83. The van der Waals surface area contributed by atoms with E-state index in [1.54, 1.807) is 0 Å². The molecule has 1 rings (SSSR count). The van der Waals surface area contributed by atoms with Crippen molar-refractivity contribution in [2.45, 2.75) is 6.18 Å². The number of nitrogens with one attached hydrogen (secondary N) is 1. The van der Waals surface area contributed by atoms with Crippen LogP contribution < -0.4 is 11.4 Å². The molecule has 0 amide bonds. The number of nitrogens with two attached hydrogens (primary N) is 1. The lowest BCUT2D eigenvalue weighted by molar-refractivity contribution is -0.145. The number of hydrogen-bond donors (Lipinski definition) is 3. The van der Waals surface area contributed by atoms with Gasteiger partial charge in [0.05, 0.1) is 0 Å². The summed E-state index contributed by atoms with van der Waals surface area (Å²) in [6, 6.07) is 0. The van der Waals surface area contributed by atoms with E-state index < -0.39 is 23.6 Å². The molecule has 1 heterocycles. The molecule has 0 aromatic carbocycles. The van der Waals surface area contributed by atoms with Crippen molar-refractivity contribution in [1.82, 2.24) is 14.7 Å². The minimum atomic E-state index is -4.78. The molecule has 0 radical (unpaired) electrons. The van der Waals surface area contributed by atoms with Gasteiger partial charge in [-0.25, -0.2) is 0 Å². The molecule has 0 fully saturated rings. The Labute approximate surface area is 68.9 Å². The van der Waals surface area contributed by atoms with Gasteiger partial charge in [-0.05, 0) is 0 Å². The van der Waals surface area contributed by atoms with Crippen molar-refractivity contribution < 1.29 is 18.4 Å². The zero-order chi connectivity index (χ0) is 10.2. The first-order valence-corrected chi connectivity index (χ1v) is 2.90. The Hall–Kier alpha value is -1.80. The topological polar surface area (TPSA) is 101 Å². The molecule has 9 heteroatoms. The van der Waals surface area contributed by atoms with Gasteiger partial charge in [0.1, 0.15) is 0 Å². The molecule has 4 N–H and O–H groups in total. The Bertz CT molecular complexity index is 382. The van der Waals surface area contributed by atoms with Crippen LogP contribution in [-0.2, 0) is 6.18 Å². The van der Waals surface area contributed by atoms with E-state index in [0.717, 1.165) is 0 Å². The van der Waals surface area contributed by atoms with Crippen molar-refractivity contribution in [3.8, 4) is 0 Å². The Morgan fingerprint density at radius 1 is 1.38 bits per heavy atom. The van der Waals surface area contributed by atoms with Crippen molar-refractivity contribution in [2.75, 3.05) is 5.73 Å². The van der Waals surface area contributed by atoms with E-state index in [1.807, 2.05) is 0 Å². The first kappa shape index (κ1) is 9.29. The maximum absolute atomic E-state index is 11.9. The lowest BCUT2D eigenvalue weighted by atomic mass is 10.6. The smallest absolute Gasteiger partial charge is 0.422 e. The van der Waals surface area contributed by atoms with Crippen LogP contribution in [0.2, 0.25) is 0 Å². The molecule has 0 aliphatic heterocycles. The van der Waals surface area contributed by atoms with Gasteiger partial charge in [-0.15, -0.1) is 4.73 Å². The minimum absolute atomic E-state index is 0.0603. The molecule has 0 saturated carbocycles. The molecule has 0 bridgehead atoms. The second-order valence-electron chi connectivity index (χ2n) is 2.04. The Balaban J connectivity index is 3.38. The zero-order valence-corrected chi connectivity index (χ0v) is 6.00. The van der Waals surface area contributed by atoms with Gasteiger partial charge in [0.25, 0.3) is 5.62 Å². The third-order valence-electron chi connectivity index (χ3n) is 1.10. The maximum atomic E-state index is 11.9. The van der Waals surface area contributed by atoms with Gasteiger partial charge in [-0.3, -0.25) is 5.41 Å². The summed E-state index contributed by atoms with van der Waals surface area (Å²) >= 11 is 0. The van der Waals surface area contributed by atoms with Gasteiger partial charge in [-0.2, -0.15) is 23.1 Å². The maximum Gasteiger partial charge on any atom is 0.451 e. The summed E-state index contributed by atoms with van der Waals surface area (Å²) in [6.07, 6.45) is -4.78. The third kappa shape index (κ3) is 1.68. The van der Waals surface area contributed by atoms with Gasteiger partial charge in [0.2, 0.25) is 11.8 Å². The van der Waals surface area contributed by atoms with Crippen LogP contribution >= 0.6 is 0 Å². The SMILES string of the molecule is N=c1nc(C(F)(F)F)nc(N)n1O. The van der Waals surface area contributed by atoms with Gasteiger partial charge in [-0.1, -0.05) is 0 Å². The number of anilines is 1. The standard InChI is InChI=1S/C4H4F3N5O/c5-4(6,7)1-10-2(8)12(13)3(9)11-1/h13H,(H3,8,9,10,11). The highest BCUT2D eigenvalue weighted by Gasteiger charge is 2.35. The van der Waals surface area contributed by atoms with E-state index in [2.05, 4.69) is 9.97 Å². The van der Waals surface area contributed by atoms with E-state index in [0.29, 0.717) is 0 Å². The highest BCUT2D eigenvalue weighted by Crippen LogP contribution is 2.24. The summed E-state index contributed by atoms with van der Waals surface area (Å²) in [7, 11) is 0. The molecular formula is C4H4F3N5O. The van der Waals surface area contributed by atoms with Gasteiger partial charge in [0.15, 0.2) is 0 Å². The van der Waals surface area contributed by atoms with Crippen molar-refractivity contribution >= 4 is 5.95 Å². The summed E-state index contributed by atoms with van der Waals surface area (Å²) in [6.45, 7) is 0. The van der Waals surface area contributed by atoms with E-state index in [-0.39, 0.29) is 4.73 Å². The average molecular weight is 195 g/mol. The molecule has 0 atom stereocenters. The number of nitrogens with zero attached hydrogens (tertiary/aromatic N) is 3. The molecule has 1 aromatic heterocycles. The van der Waals surface area contributed by atoms with Crippen molar-refractivity contribution in [2.24, 2.45) is 0 Å². The van der Waals surface area contributed by atoms with Gasteiger partial charge in [0, 0.05) is 0 Å². The predicted octanol–water partition coefficient (Wildman–Crippen LogP) is -0.404. The molecule has 0 saturated heterocycles. The number of alkyl halides is 3. The molecule has 0 aliphatic carbocycles.